The Kier molecular flexibility index (Phi) is 2.36. The van der Waals surface area contributed by atoms with Crippen molar-refractivity contribution >= 4 is 0 Å². The molecule has 0 aliphatic heterocycles. The SMILES string of the molecule is Cc1cccc2c1CCC#CCC2. The Hall–Kier alpha value is -1.22. The molecule has 1 aliphatic rings. The van der Waals surface area contributed by atoms with Gasteiger partial charge in [0.2, 0.25) is 0 Å². The van der Waals surface area contributed by atoms with Gasteiger partial charge < -0.3 is 0 Å². The third-order valence-electron chi connectivity index (χ3n) is 2.65. The van der Waals surface area contributed by atoms with Crippen LogP contribution >= 0.6 is 0 Å². The molecule has 1 aromatic carbocycles. The number of benzene rings is 1. The Morgan fingerprint density at radius 1 is 1.08 bits per heavy atom. The third-order valence-corrected chi connectivity index (χ3v) is 2.65. The topological polar surface area (TPSA) is 0 Å². The standard InChI is InChI=1S/C13H14/c1-11-7-6-9-12-8-4-2-3-5-10-13(11)12/h6-7,9H,4-5,8,10H2,1H3. The fourth-order valence-corrected chi connectivity index (χ4v) is 1.92. The molecule has 0 spiro atoms. The van der Waals surface area contributed by atoms with Crippen LogP contribution < -0.4 is 0 Å². The summed E-state index contributed by atoms with van der Waals surface area (Å²) in [7, 11) is 0. The van der Waals surface area contributed by atoms with Gasteiger partial charge in [-0.05, 0) is 36.5 Å². The van der Waals surface area contributed by atoms with Crippen LogP contribution in [0.5, 0.6) is 0 Å². The lowest BCUT2D eigenvalue weighted by atomic mass is 9.94. The van der Waals surface area contributed by atoms with Gasteiger partial charge in [0.25, 0.3) is 0 Å². The van der Waals surface area contributed by atoms with Crippen LogP contribution in [0.25, 0.3) is 0 Å². The molecule has 0 nitrogen and oxygen atoms in total. The summed E-state index contributed by atoms with van der Waals surface area (Å²) < 4.78 is 0. The largest absolute Gasteiger partial charge is 0.103 e. The van der Waals surface area contributed by atoms with E-state index in [0.717, 1.165) is 25.7 Å². The van der Waals surface area contributed by atoms with E-state index >= 15 is 0 Å². The Balaban J connectivity index is 2.40. The maximum Gasteiger partial charge on any atom is 0.0129 e. The van der Waals surface area contributed by atoms with E-state index in [-0.39, 0.29) is 0 Å². The van der Waals surface area contributed by atoms with Crippen LogP contribution in [0, 0.1) is 18.8 Å². The number of hydrogen-bond acceptors (Lipinski definition) is 0. The van der Waals surface area contributed by atoms with Crippen molar-refractivity contribution in [3.05, 3.63) is 34.9 Å². The molecule has 0 radical (unpaired) electrons. The molecule has 0 heteroatoms. The van der Waals surface area contributed by atoms with E-state index in [1.54, 1.807) is 0 Å². The molecule has 0 heterocycles. The number of rotatable bonds is 0. The molecule has 1 aliphatic carbocycles. The Morgan fingerprint density at radius 3 is 2.69 bits per heavy atom. The molecule has 0 bridgehead atoms. The van der Waals surface area contributed by atoms with Gasteiger partial charge in [0.1, 0.15) is 0 Å². The first-order chi connectivity index (χ1) is 6.38. The second-order valence-corrected chi connectivity index (χ2v) is 3.57. The molecule has 0 aromatic heterocycles. The molecule has 13 heavy (non-hydrogen) atoms. The highest BCUT2D eigenvalue weighted by atomic mass is 14.1. The summed E-state index contributed by atoms with van der Waals surface area (Å²) in [6.45, 7) is 2.20. The van der Waals surface area contributed by atoms with Gasteiger partial charge in [-0.25, -0.2) is 0 Å². The van der Waals surface area contributed by atoms with E-state index in [9.17, 15) is 0 Å². The normalized spacial score (nSPS) is 14.8. The van der Waals surface area contributed by atoms with E-state index in [2.05, 4.69) is 37.0 Å². The molecular formula is C13H14. The highest BCUT2D eigenvalue weighted by Gasteiger charge is 2.05. The van der Waals surface area contributed by atoms with Gasteiger partial charge in [-0.15, -0.1) is 11.8 Å². The van der Waals surface area contributed by atoms with Crippen LogP contribution in [0.1, 0.15) is 29.5 Å². The van der Waals surface area contributed by atoms with E-state index < -0.39 is 0 Å². The maximum absolute atomic E-state index is 3.21. The van der Waals surface area contributed by atoms with Crippen molar-refractivity contribution < 1.29 is 0 Å². The van der Waals surface area contributed by atoms with Gasteiger partial charge in [-0.2, -0.15) is 0 Å². The van der Waals surface area contributed by atoms with Crippen molar-refractivity contribution in [1.82, 2.24) is 0 Å². The minimum atomic E-state index is 1.02. The van der Waals surface area contributed by atoms with E-state index in [0.29, 0.717) is 0 Å². The third kappa shape index (κ3) is 1.75. The summed E-state index contributed by atoms with van der Waals surface area (Å²) in [5.41, 5.74) is 4.48. The van der Waals surface area contributed by atoms with Gasteiger partial charge in [-0.1, -0.05) is 18.2 Å². The predicted molar refractivity (Wildman–Crippen MR) is 55.6 cm³/mol. The summed E-state index contributed by atoms with van der Waals surface area (Å²) in [5.74, 6) is 6.40. The van der Waals surface area contributed by atoms with Crippen molar-refractivity contribution in [3.8, 4) is 11.8 Å². The summed E-state index contributed by atoms with van der Waals surface area (Å²) in [6.07, 6.45) is 4.31. The second-order valence-electron chi connectivity index (χ2n) is 3.57. The van der Waals surface area contributed by atoms with Crippen LogP contribution in [0.3, 0.4) is 0 Å². The van der Waals surface area contributed by atoms with Crippen LogP contribution in [0.15, 0.2) is 18.2 Å². The zero-order valence-electron chi connectivity index (χ0n) is 8.06. The van der Waals surface area contributed by atoms with Gasteiger partial charge >= 0.3 is 0 Å². The molecule has 0 N–H and O–H groups in total. The molecule has 2 rings (SSSR count). The number of hydrogen-bond donors (Lipinski definition) is 0. The molecule has 0 unspecified atom stereocenters. The van der Waals surface area contributed by atoms with E-state index in [1.165, 1.54) is 16.7 Å². The highest BCUT2D eigenvalue weighted by Crippen LogP contribution is 2.18. The minimum absolute atomic E-state index is 1.02. The fourth-order valence-electron chi connectivity index (χ4n) is 1.92. The summed E-state index contributed by atoms with van der Waals surface area (Å²) in [6, 6.07) is 6.60. The lowest BCUT2D eigenvalue weighted by Gasteiger charge is -2.11. The van der Waals surface area contributed by atoms with Gasteiger partial charge in [0, 0.05) is 12.8 Å². The predicted octanol–water partition coefficient (Wildman–Crippen LogP) is 2.88. The first-order valence-electron chi connectivity index (χ1n) is 4.91. The molecular weight excluding hydrogens is 156 g/mol. The molecule has 66 valence electrons. The Morgan fingerprint density at radius 2 is 1.85 bits per heavy atom. The van der Waals surface area contributed by atoms with Crippen molar-refractivity contribution in [2.45, 2.75) is 32.6 Å². The van der Waals surface area contributed by atoms with Crippen LogP contribution in [-0.4, -0.2) is 0 Å². The van der Waals surface area contributed by atoms with Crippen molar-refractivity contribution in [1.29, 1.82) is 0 Å². The highest BCUT2D eigenvalue weighted by molar-refractivity contribution is 5.36. The summed E-state index contributed by atoms with van der Waals surface area (Å²) in [5, 5.41) is 0. The van der Waals surface area contributed by atoms with Crippen LogP contribution in [0.4, 0.5) is 0 Å². The van der Waals surface area contributed by atoms with Crippen molar-refractivity contribution in [3.63, 3.8) is 0 Å². The number of aryl methyl sites for hydroxylation is 2. The molecule has 0 saturated heterocycles. The molecule has 1 aromatic rings. The fraction of sp³-hybridized carbons (Fsp3) is 0.385. The summed E-state index contributed by atoms with van der Waals surface area (Å²) in [4.78, 5) is 0. The van der Waals surface area contributed by atoms with E-state index in [1.807, 2.05) is 0 Å². The van der Waals surface area contributed by atoms with Gasteiger partial charge in [0.15, 0.2) is 0 Å². The van der Waals surface area contributed by atoms with Gasteiger partial charge in [0.05, 0.1) is 0 Å². The molecule has 0 amide bonds. The maximum atomic E-state index is 3.21. The zero-order chi connectivity index (χ0) is 9.10. The second kappa shape index (κ2) is 3.66. The average Bonchev–Trinajstić information content (AvgIpc) is 2.07. The lowest BCUT2D eigenvalue weighted by molar-refractivity contribution is 0.917. The smallest absolute Gasteiger partial charge is 0.0129 e. The quantitative estimate of drug-likeness (QED) is 0.525. The molecule has 0 fully saturated rings. The first-order valence-corrected chi connectivity index (χ1v) is 4.91. The van der Waals surface area contributed by atoms with E-state index in [4.69, 9.17) is 0 Å². The van der Waals surface area contributed by atoms with Crippen LogP contribution in [0.2, 0.25) is 0 Å². The van der Waals surface area contributed by atoms with Crippen LogP contribution in [-0.2, 0) is 12.8 Å². The lowest BCUT2D eigenvalue weighted by Crippen LogP contribution is -1.99. The van der Waals surface area contributed by atoms with Crippen molar-refractivity contribution in [2.75, 3.05) is 0 Å². The summed E-state index contributed by atoms with van der Waals surface area (Å²) >= 11 is 0. The Labute approximate surface area is 80.0 Å². The molecule has 0 atom stereocenters. The number of fused-ring (bicyclic) bond motifs is 1. The zero-order valence-corrected chi connectivity index (χ0v) is 8.06. The Bertz CT molecular complexity index is 363. The van der Waals surface area contributed by atoms with Crippen molar-refractivity contribution in [2.24, 2.45) is 0 Å². The average molecular weight is 170 g/mol. The molecule has 0 saturated carbocycles. The first kappa shape index (κ1) is 8.38. The minimum Gasteiger partial charge on any atom is -0.103 e. The van der Waals surface area contributed by atoms with Gasteiger partial charge in [-0.3, -0.25) is 0 Å². The monoisotopic (exact) mass is 170 g/mol.